The van der Waals surface area contributed by atoms with Crippen molar-refractivity contribution in [1.82, 2.24) is 9.55 Å². The fourth-order valence-corrected chi connectivity index (χ4v) is 4.15. The molecule has 10 heteroatoms. The fraction of sp³-hybridized carbons (Fsp3) is 0.263. The number of H-pyrrole nitrogens is 1. The molecular weight excluding hydrogens is 399 g/mol. The molecule has 0 fully saturated rings. The van der Waals surface area contributed by atoms with Crippen molar-refractivity contribution in [2.45, 2.75) is 25.4 Å². The van der Waals surface area contributed by atoms with Crippen LogP contribution in [0.15, 0.2) is 52.2 Å². The van der Waals surface area contributed by atoms with E-state index < -0.39 is 30.9 Å². The molecule has 0 bridgehead atoms. The fourth-order valence-electron chi connectivity index (χ4n) is 2.91. The molecule has 0 spiro atoms. The highest BCUT2D eigenvalue weighted by atomic mass is 31.2. The number of para-hydroxylation sites is 1. The number of phosphoric acid groups is 1. The van der Waals surface area contributed by atoms with Crippen LogP contribution >= 0.6 is 7.82 Å². The number of phosphoric ester groups is 1. The number of hydrogen-bond donors (Lipinski definition) is 1. The van der Waals surface area contributed by atoms with E-state index in [0.717, 1.165) is 5.56 Å². The average molecular weight is 416 g/mol. The predicted molar refractivity (Wildman–Crippen MR) is 102 cm³/mol. The largest absolute Gasteiger partial charge is 0.530 e. The molecule has 9 nitrogen and oxygen atoms in total. The molecular formula is C19H17N2O7P. The van der Waals surface area contributed by atoms with E-state index in [4.69, 9.17) is 24.7 Å². The third kappa shape index (κ3) is 3.71. The molecule has 1 aromatic carbocycles. The summed E-state index contributed by atoms with van der Waals surface area (Å²) in [5.41, 5.74) is -1.44. The van der Waals surface area contributed by atoms with Crippen molar-refractivity contribution in [1.29, 1.82) is 0 Å². The number of ether oxygens (including phenoxy) is 1. The van der Waals surface area contributed by atoms with E-state index in [1.165, 1.54) is 16.8 Å². The number of aromatic nitrogens is 2. The van der Waals surface area contributed by atoms with Crippen LogP contribution in [0.1, 0.15) is 17.4 Å². The van der Waals surface area contributed by atoms with Crippen molar-refractivity contribution >= 4 is 7.82 Å². The highest BCUT2D eigenvalue weighted by molar-refractivity contribution is 7.49. The molecule has 4 rings (SSSR count). The summed E-state index contributed by atoms with van der Waals surface area (Å²) >= 11 is 0. The van der Waals surface area contributed by atoms with Gasteiger partial charge in [0.05, 0.1) is 6.61 Å². The van der Waals surface area contributed by atoms with Gasteiger partial charge in [-0.1, -0.05) is 24.1 Å². The maximum atomic E-state index is 12.8. The number of nitrogens with one attached hydrogen (secondary N) is 1. The van der Waals surface area contributed by atoms with E-state index in [0.29, 0.717) is 11.3 Å². The molecule has 1 aromatic heterocycles. The number of terminal acetylenes is 1. The molecule has 2 aliphatic heterocycles. The van der Waals surface area contributed by atoms with Crippen molar-refractivity contribution in [3.8, 4) is 18.1 Å². The Morgan fingerprint density at radius 2 is 2.21 bits per heavy atom. The molecule has 0 saturated heterocycles. The second kappa shape index (κ2) is 7.17. The average Bonchev–Trinajstić information content (AvgIpc) is 3.14. The zero-order valence-corrected chi connectivity index (χ0v) is 16.3. The summed E-state index contributed by atoms with van der Waals surface area (Å²) in [5, 5.41) is 0. The Morgan fingerprint density at radius 1 is 1.41 bits per heavy atom. The summed E-state index contributed by atoms with van der Waals surface area (Å²) in [4.78, 5) is 25.8. The number of benzene rings is 1. The quantitative estimate of drug-likeness (QED) is 0.462. The Morgan fingerprint density at radius 3 is 3.00 bits per heavy atom. The number of nitrogens with zero attached hydrogens (tertiary/aromatic N) is 1. The third-order valence-corrected chi connectivity index (χ3v) is 5.83. The van der Waals surface area contributed by atoms with Crippen LogP contribution in [-0.2, 0) is 25.0 Å². The summed E-state index contributed by atoms with van der Waals surface area (Å²) in [6.07, 6.45) is 9.19. The van der Waals surface area contributed by atoms with Gasteiger partial charge in [-0.25, -0.2) is 9.36 Å². The molecule has 2 aromatic rings. The van der Waals surface area contributed by atoms with Crippen LogP contribution in [0.3, 0.4) is 0 Å². The van der Waals surface area contributed by atoms with Crippen molar-refractivity contribution in [2.75, 3.05) is 6.61 Å². The predicted octanol–water partition coefficient (Wildman–Crippen LogP) is 2.04. The van der Waals surface area contributed by atoms with Crippen LogP contribution in [0.25, 0.3) is 0 Å². The maximum absolute atomic E-state index is 12.8. The van der Waals surface area contributed by atoms with Crippen LogP contribution < -0.4 is 15.8 Å². The van der Waals surface area contributed by atoms with E-state index >= 15 is 0 Å². The summed E-state index contributed by atoms with van der Waals surface area (Å²) in [5.74, 6) is 2.86. The standard InChI is InChI=1S/C19H17N2O7P/c1-3-19(9-8-16(27-19)21-10-13(2)17(22)20-18(21)23)12-26-29(24)25-11-14-6-4-5-7-15(14)28-29/h1,4-10,16H,11-12H2,2H3,(H,20,22,23)/t16-,19+,29+/m1/s1. The van der Waals surface area contributed by atoms with E-state index in [9.17, 15) is 14.2 Å². The molecule has 0 saturated carbocycles. The Labute approximate surface area is 165 Å². The monoisotopic (exact) mass is 416 g/mol. The number of aromatic amines is 1. The summed E-state index contributed by atoms with van der Waals surface area (Å²) in [6, 6.07) is 7.01. The number of aryl methyl sites for hydroxylation is 1. The van der Waals surface area contributed by atoms with Crippen LogP contribution in [0, 0.1) is 19.3 Å². The van der Waals surface area contributed by atoms with Gasteiger partial charge in [0.2, 0.25) is 0 Å². The molecule has 1 N–H and O–H groups in total. The second-order valence-corrected chi connectivity index (χ2v) is 8.17. The molecule has 3 heterocycles. The summed E-state index contributed by atoms with van der Waals surface area (Å²) in [7, 11) is -3.90. The van der Waals surface area contributed by atoms with Gasteiger partial charge in [0.1, 0.15) is 12.4 Å². The topological polar surface area (TPSA) is 109 Å². The number of hydrogen-bond acceptors (Lipinski definition) is 7. The second-order valence-electron chi connectivity index (χ2n) is 6.57. The van der Waals surface area contributed by atoms with Crippen molar-refractivity contribution in [2.24, 2.45) is 0 Å². The molecule has 0 unspecified atom stereocenters. The molecule has 0 amide bonds. The van der Waals surface area contributed by atoms with Gasteiger partial charge >= 0.3 is 13.5 Å². The Hall–Kier alpha value is -2.89. The smallest absolute Gasteiger partial charge is 0.404 e. The molecule has 2 aliphatic rings. The zero-order chi connectivity index (χ0) is 20.6. The lowest BCUT2D eigenvalue weighted by Crippen LogP contribution is -2.37. The van der Waals surface area contributed by atoms with Gasteiger partial charge in [0, 0.05) is 17.3 Å². The van der Waals surface area contributed by atoms with E-state index in [1.807, 2.05) is 6.07 Å². The first kappa shape index (κ1) is 19.4. The highest BCUT2D eigenvalue weighted by Gasteiger charge is 2.41. The van der Waals surface area contributed by atoms with Gasteiger partial charge < -0.3 is 9.26 Å². The van der Waals surface area contributed by atoms with Gasteiger partial charge in [0.25, 0.3) is 5.56 Å². The first-order chi connectivity index (χ1) is 13.8. The number of fused-ring (bicyclic) bond motifs is 1. The van der Waals surface area contributed by atoms with Crippen molar-refractivity contribution in [3.05, 3.63) is 74.6 Å². The molecule has 150 valence electrons. The maximum Gasteiger partial charge on any atom is 0.530 e. The summed E-state index contributed by atoms with van der Waals surface area (Å²) < 4.78 is 35.9. The Kier molecular flexibility index (Phi) is 4.81. The van der Waals surface area contributed by atoms with Gasteiger partial charge in [-0.3, -0.25) is 23.4 Å². The summed E-state index contributed by atoms with van der Waals surface area (Å²) in [6.45, 7) is 1.31. The van der Waals surface area contributed by atoms with Gasteiger partial charge in [0.15, 0.2) is 11.8 Å². The van der Waals surface area contributed by atoms with Gasteiger partial charge in [-0.2, -0.15) is 0 Å². The van der Waals surface area contributed by atoms with Crippen molar-refractivity contribution in [3.63, 3.8) is 0 Å². The van der Waals surface area contributed by atoms with Crippen LogP contribution in [0.2, 0.25) is 0 Å². The van der Waals surface area contributed by atoms with Crippen LogP contribution in [0.5, 0.6) is 5.75 Å². The molecule has 0 radical (unpaired) electrons. The SMILES string of the molecule is C#C[C@@]1(CO[P@]2(=O)OCc3ccccc3O2)C=C[C@H](n2cc(C)c(=O)[nH]c2=O)O1. The molecule has 3 atom stereocenters. The molecule has 0 aliphatic carbocycles. The van der Waals surface area contributed by atoms with Crippen LogP contribution in [-0.4, -0.2) is 21.8 Å². The van der Waals surface area contributed by atoms with E-state index in [2.05, 4.69) is 10.9 Å². The van der Waals surface area contributed by atoms with Gasteiger partial charge in [-0.15, -0.1) is 6.42 Å². The lowest BCUT2D eigenvalue weighted by atomic mass is 10.1. The normalized spacial score (nSPS) is 27.8. The third-order valence-electron chi connectivity index (χ3n) is 4.52. The number of rotatable bonds is 4. The Balaban J connectivity index is 1.49. The Bertz CT molecular complexity index is 1190. The minimum absolute atomic E-state index is 0.0713. The minimum atomic E-state index is -3.90. The van der Waals surface area contributed by atoms with E-state index in [-0.39, 0.29) is 13.2 Å². The lowest BCUT2D eigenvalue weighted by Gasteiger charge is -2.28. The zero-order valence-electron chi connectivity index (χ0n) is 15.4. The van der Waals surface area contributed by atoms with Gasteiger partial charge in [-0.05, 0) is 25.1 Å². The first-order valence-corrected chi connectivity index (χ1v) is 10.1. The van der Waals surface area contributed by atoms with Crippen LogP contribution in [0.4, 0.5) is 0 Å². The highest BCUT2D eigenvalue weighted by Crippen LogP contribution is 2.55. The lowest BCUT2D eigenvalue weighted by molar-refractivity contribution is -0.0511. The van der Waals surface area contributed by atoms with E-state index in [1.54, 1.807) is 31.2 Å². The minimum Gasteiger partial charge on any atom is -0.404 e. The van der Waals surface area contributed by atoms with Crippen molar-refractivity contribution < 1.29 is 22.9 Å². The first-order valence-electron chi connectivity index (χ1n) is 8.67. The molecule has 29 heavy (non-hydrogen) atoms.